The maximum atomic E-state index is 6.52. The molecule has 0 aliphatic carbocycles. The first-order chi connectivity index (χ1) is 27.8. The Morgan fingerprint density at radius 2 is 0.786 bits per heavy atom. The third kappa shape index (κ3) is 4.63. The third-order valence-corrected chi connectivity index (χ3v) is 11.7. The molecule has 0 unspecified atom stereocenters. The number of benzene rings is 10. The van der Waals surface area contributed by atoms with Crippen molar-refractivity contribution in [1.82, 2.24) is 0 Å². The van der Waals surface area contributed by atoms with Crippen molar-refractivity contribution in [3.05, 3.63) is 194 Å². The van der Waals surface area contributed by atoms with E-state index in [0.29, 0.717) is 0 Å². The van der Waals surface area contributed by atoms with Crippen LogP contribution in [0.1, 0.15) is 0 Å². The minimum Gasteiger partial charge on any atom is -0.456 e. The summed E-state index contributed by atoms with van der Waals surface area (Å²) in [7, 11) is 0. The zero-order valence-corrected chi connectivity index (χ0v) is 30.3. The normalized spacial score (nSPS) is 11.9. The molecule has 0 spiro atoms. The maximum Gasteiger partial charge on any atom is 0.143 e. The van der Waals surface area contributed by atoms with Gasteiger partial charge in [-0.1, -0.05) is 164 Å². The molecule has 0 aliphatic rings. The van der Waals surface area contributed by atoms with E-state index in [1.165, 1.54) is 71.4 Å². The fourth-order valence-corrected chi connectivity index (χ4v) is 9.10. The first kappa shape index (κ1) is 31.0. The summed E-state index contributed by atoms with van der Waals surface area (Å²) >= 11 is 0. The van der Waals surface area contributed by atoms with E-state index in [1.807, 2.05) is 12.1 Å². The van der Waals surface area contributed by atoms with Crippen LogP contribution in [0, 0.1) is 0 Å². The van der Waals surface area contributed by atoms with Crippen molar-refractivity contribution in [3.8, 4) is 44.5 Å². The van der Waals surface area contributed by atoms with Gasteiger partial charge in [-0.05, 0) is 102 Å². The Kier molecular flexibility index (Phi) is 6.66. The highest BCUT2D eigenvalue weighted by Gasteiger charge is 2.19. The number of hydrogen-bond acceptors (Lipinski definition) is 2. The Morgan fingerprint density at radius 1 is 0.268 bits per heavy atom. The van der Waals surface area contributed by atoms with Gasteiger partial charge in [-0.25, -0.2) is 0 Å². The molecule has 260 valence electrons. The van der Waals surface area contributed by atoms with Gasteiger partial charge in [-0.3, -0.25) is 0 Å². The van der Waals surface area contributed by atoms with Gasteiger partial charge in [0.25, 0.3) is 0 Å². The molecule has 2 aromatic heterocycles. The van der Waals surface area contributed by atoms with Crippen molar-refractivity contribution in [3.63, 3.8) is 0 Å². The predicted octanol–water partition coefficient (Wildman–Crippen LogP) is 15.6. The minimum absolute atomic E-state index is 0.909. The second kappa shape index (κ2) is 12.0. The fourth-order valence-electron chi connectivity index (χ4n) is 9.10. The summed E-state index contributed by atoms with van der Waals surface area (Å²) in [6, 6.07) is 69.9. The third-order valence-electron chi connectivity index (χ3n) is 11.7. The quantitative estimate of drug-likeness (QED) is 0.170. The fraction of sp³-hybridized carbons (Fsp3) is 0. The molecule has 12 rings (SSSR count). The van der Waals surface area contributed by atoms with Crippen LogP contribution in [0.5, 0.6) is 0 Å². The molecular formula is C54H32O2. The van der Waals surface area contributed by atoms with Crippen LogP contribution in [0.4, 0.5) is 0 Å². The lowest BCUT2D eigenvalue weighted by Crippen LogP contribution is -1.91. The number of furan rings is 2. The van der Waals surface area contributed by atoms with Gasteiger partial charge in [-0.15, -0.1) is 0 Å². The Morgan fingerprint density at radius 3 is 1.46 bits per heavy atom. The van der Waals surface area contributed by atoms with Gasteiger partial charge in [0, 0.05) is 26.9 Å². The molecule has 2 heteroatoms. The van der Waals surface area contributed by atoms with Gasteiger partial charge in [0.15, 0.2) is 0 Å². The summed E-state index contributed by atoms with van der Waals surface area (Å²) in [5.74, 6) is 0. The van der Waals surface area contributed by atoms with Crippen molar-refractivity contribution in [1.29, 1.82) is 0 Å². The summed E-state index contributed by atoms with van der Waals surface area (Å²) in [6.07, 6.45) is 0. The van der Waals surface area contributed by atoms with Crippen LogP contribution in [-0.2, 0) is 0 Å². The van der Waals surface area contributed by atoms with Crippen molar-refractivity contribution >= 4 is 76.2 Å². The van der Waals surface area contributed by atoms with E-state index in [1.54, 1.807) is 0 Å². The zero-order valence-electron chi connectivity index (χ0n) is 30.3. The van der Waals surface area contributed by atoms with Crippen LogP contribution in [0.15, 0.2) is 203 Å². The molecule has 12 aromatic rings. The number of para-hydroxylation sites is 1. The lowest BCUT2D eigenvalue weighted by Gasteiger charge is -2.18. The highest BCUT2D eigenvalue weighted by atomic mass is 16.3. The van der Waals surface area contributed by atoms with Gasteiger partial charge in [0.2, 0.25) is 0 Å². The molecule has 56 heavy (non-hydrogen) atoms. The SMILES string of the molecule is c1ccc2c(c1)ccc1c2oc2cccc(-c3ccc(-c4c5ccccc5c(-c5ccc(-c6ccc7oc8ccccc8c7c6)cc5)c5ccccc45)cc3)c21. The van der Waals surface area contributed by atoms with Crippen LogP contribution in [0.25, 0.3) is 121 Å². The molecule has 0 saturated carbocycles. The Balaban J connectivity index is 0.972. The summed E-state index contributed by atoms with van der Waals surface area (Å²) in [5, 5.41) is 11.9. The molecule has 2 heterocycles. The Labute approximate surface area is 322 Å². The summed E-state index contributed by atoms with van der Waals surface area (Å²) in [4.78, 5) is 0. The van der Waals surface area contributed by atoms with Gasteiger partial charge in [0.1, 0.15) is 22.3 Å². The number of fused-ring (bicyclic) bond motifs is 10. The summed E-state index contributed by atoms with van der Waals surface area (Å²) in [6.45, 7) is 0. The first-order valence-corrected chi connectivity index (χ1v) is 19.2. The van der Waals surface area contributed by atoms with E-state index < -0.39 is 0 Å². The van der Waals surface area contributed by atoms with Crippen molar-refractivity contribution < 1.29 is 8.83 Å². The highest BCUT2D eigenvalue weighted by molar-refractivity contribution is 6.22. The standard InChI is InChI=1S/C54H32O2/c1-2-11-40-34(10-1)28-30-46-53-39(17-9-19-50(53)56-54(40)46)35-22-26-37(27-23-35)52-44-15-5-3-13-42(44)51(43-14-4-6-16-45(43)52)36-24-20-33(21-25-36)38-29-31-49-47(32-38)41-12-7-8-18-48(41)55-49/h1-32H. The smallest absolute Gasteiger partial charge is 0.143 e. The first-order valence-electron chi connectivity index (χ1n) is 19.2. The molecule has 0 atom stereocenters. The van der Waals surface area contributed by atoms with Crippen LogP contribution < -0.4 is 0 Å². The zero-order chi connectivity index (χ0) is 36.7. The molecule has 2 nitrogen and oxygen atoms in total. The predicted molar refractivity (Wildman–Crippen MR) is 235 cm³/mol. The van der Waals surface area contributed by atoms with Crippen molar-refractivity contribution in [2.75, 3.05) is 0 Å². The number of hydrogen-bond donors (Lipinski definition) is 0. The van der Waals surface area contributed by atoms with Crippen LogP contribution in [-0.4, -0.2) is 0 Å². The Hall–Kier alpha value is -7.42. The van der Waals surface area contributed by atoms with E-state index in [2.05, 4.69) is 182 Å². The lowest BCUT2D eigenvalue weighted by molar-refractivity contribution is 0.669. The van der Waals surface area contributed by atoms with E-state index in [0.717, 1.165) is 49.3 Å². The minimum atomic E-state index is 0.909. The maximum absolute atomic E-state index is 6.52. The average Bonchev–Trinajstić information content (AvgIpc) is 3.84. The van der Waals surface area contributed by atoms with Crippen LogP contribution in [0.3, 0.4) is 0 Å². The average molecular weight is 713 g/mol. The highest BCUT2D eigenvalue weighted by Crippen LogP contribution is 2.45. The van der Waals surface area contributed by atoms with Gasteiger partial charge in [0.05, 0.1) is 0 Å². The van der Waals surface area contributed by atoms with Gasteiger partial charge < -0.3 is 8.83 Å². The molecule has 0 bridgehead atoms. The molecule has 0 saturated heterocycles. The topological polar surface area (TPSA) is 26.3 Å². The summed E-state index contributed by atoms with van der Waals surface area (Å²) in [5.41, 5.74) is 13.3. The molecule has 0 amide bonds. The summed E-state index contributed by atoms with van der Waals surface area (Å²) < 4.78 is 12.6. The van der Waals surface area contributed by atoms with Gasteiger partial charge >= 0.3 is 0 Å². The molecule has 0 fully saturated rings. The van der Waals surface area contributed by atoms with E-state index in [9.17, 15) is 0 Å². The largest absolute Gasteiger partial charge is 0.456 e. The lowest BCUT2D eigenvalue weighted by atomic mass is 9.85. The van der Waals surface area contributed by atoms with Crippen molar-refractivity contribution in [2.45, 2.75) is 0 Å². The van der Waals surface area contributed by atoms with E-state index in [4.69, 9.17) is 8.83 Å². The van der Waals surface area contributed by atoms with E-state index in [-0.39, 0.29) is 0 Å². The molecule has 0 radical (unpaired) electrons. The number of rotatable bonds is 4. The monoisotopic (exact) mass is 712 g/mol. The van der Waals surface area contributed by atoms with E-state index >= 15 is 0 Å². The second-order valence-corrected chi connectivity index (χ2v) is 14.7. The molecular weight excluding hydrogens is 681 g/mol. The molecule has 10 aromatic carbocycles. The molecule has 0 N–H and O–H groups in total. The van der Waals surface area contributed by atoms with Crippen LogP contribution >= 0.6 is 0 Å². The molecule has 0 aliphatic heterocycles. The van der Waals surface area contributed by atoms with Crippen molar-refractivity contribution in [2.24, 2.45) is 0 Å². The second-order valence-electron chi connectivity index (χ2n) is 14.7. The van der Waals surface area contributed by atoms with Gasteiger partial charge in [-0.2, -0.15) is 0 Å². The van der Waals surface area contributed by atoms with Crippen LogP contribution in [0.2, 0.25) is 0 Å². The Bertz CT molecular complexity index is 3450.